The molecule has 0 radical (unpaired) electrons. The van der Waals surface area contributed by atoms with E-state index in [-0.39, 0.29) is 5.69 Å². The summed E-state index contributed by atoms with van der Waals surface area (Å²) in [7, 11) is 0. The van der Waals surface area contributed by atoms with Crippen LogP contribution in [0.15, 0.2) is 23.3 Å². The van der Waals surface area contributed by atoms with Gasteiger partial charge >= 0.3 is 0 Å². The van der Waals surface area contributed by atoms with E-state index in [0.717, 1.165) is 12.1 Å². The second-order valence-corrected chi connectivity index (χ2v) is 1.82. The molecule has 0 aliphatic heterocycles. The van der Waals surface area contributed by atoms with Crippen LogP contribution in [0.25, 0.3) is 10.4 Å². The highest BCUT2D eigenvalue weighted by molar-refractivity contribution is 5.36. The van der Waals surface area contributed by atoms with Crippen LogP contribution in [0, 0.1) is 11.6 Å². The maximum atomic E-state index is 12.3. The topological polar surface area (TPSA) is 48.8 Å². The fourth-order valence-electron chi connectivity index (χ4n) is 0.649. The lowest BCUT2D eigenvalue weighted by molar-refractivity contribution is 0.584. The molecule has 0 bridgehead atoms. The summed E-state index contributed by atoms with van der Waals surface area (Å²) in [5.74, 6) is -1.51. The van der Waals surface area contributed by atoms with Crippen molar-refractivity contribution in [2.24, 2.45) is 5.11 Å². The average Bonchev–Trinajstić information content (AvgIpc) is 1.85. The molecule has 0 aromatic heterocycles. The average molecular weight is 153 g/mol. The molecule has 0 fully saturated rings. The highest BCUT2D eigenvalue weighted by atomic mass is 18.2. The fourth-order valence-corrected chi connectivity index (χ4v) is 0.649. The van der Waals surface area contributed by atoms with Gasteiger partial charge in [0.1, 0.15) is 11.6 Å². The third-order valence-corrected chi connectivity index (χ3v) is 1.01. The molecular formula is C6H3F2N3. The van der Waals surface area contributed by atoms with E-state index < -0.39 is 11.6 Å². The van der Waals surface area contributed by atoms with E-state index in [4.69, 9.17) is 5.53 Å². The molecule has 1 rings (SSSR count). The molecule has 0 unspecified atom stereocenters. The van der Waals surface area contributed by atoms with Crippen molar-refractivity contribution in [1.82, 2.24) is 0 Å². The summed E-state index contributed by atoms with van der Waals surface area (Å²) >= 11 is 0. The molecule has 11 heavy (non-hydrogen) atoms. The fraction of sp³-hybridized carbons (Fsp3) is 0. The van der Waals surface area contributed by atoms with Gasteiger partial charge in [-0.1, -0.05) is 5.11 Å². The molecule has 56 valence electrons. The van der Waals surface area contributed by atoms with Gasteiger partial charge in [0.05, 0.1) is 0 Å². The van der Waals surface area contributed by atoms with Crippen LogP contribution < -0.4 is 0 Å². The van der Waals surface area contributed by atoms with E-state index in [1.165, 1.54) is 0 Å². The smallest absolute Gasteiger partial charge is 0.126 e. The molecule has 0 saturated carbocycles. The number of azide groups is 1. The van der Waals surface area contributed by atoms with Gasteiger partial charge < -0.3 is 0 Å². The van der Waals surface area contributed by atoms with Crippen molar-refractivity contribution in [3.8, 4) is 0 Å². The predicted octanol–water partition coefficient (Wildman–Crippen LogP) is 2.91. The van der Waals surface area contributed by atoms with Gasteiger partial charge in [-0.2, -0.15) is 0 Å². The molecule has 0 amide bonds. The summed E-state index contributed by atoms with van der Waals surface area (Å²) in [6.07, 6.45) is 0. The lowest BCUT2D eigenvalue weighted by Crippen LogP contribution is -1.76. The molecule has 0 N–H and O–H groups in total. The van der Waals surface area contributed by atoms with Crippen LogP contribution in [0.5, 0.6) is 0 Å². The zero-order chi connectivity index (χ0) is 8.27. The first-order chi connectivity index (χ1) is 5.22. The Bertz CT molecular complexity index is 297. The van der Waals surface area contributed by atoms with Gasteiger partial charge in [-0.3, -0.25) is 0 Å². The van der Waals surface area contributed by atoms with Gasteiger partial charge in [-0.25, -0.2) is 8.78 Å². The summed E-state index contributed by atoms with van der Waals surface area (Å²) in [5, 5.41) is 3.03. The van der Waals surface area contributed by atoms with Crippen molar-refractivity contribution in [2.75, 3.05) is 0 Å². The van der Waals surface area contributed by atoms with Gasteiger partial charge in [-0.15, -0.1) is 0 Å². The summed E-state index contributed by atoms with van der Waals surface area (Å²) in [5.41, 5.74) is 7.85. The minimum Gasteiger partial charge on any atom is -0.207 e. The van der Waals surface area contributed by atoms with Crippen LogP contribution in [0.3, 0.4) is 0 Å². The first-order valence-corrected chi connectivity index (χ1v) is 2.73. The van der Waals surface area contributed by atoms with Crippen LogP contribution in [0.4, 0.5) is 14.5 Å². The Kier molecular flexibility index (Phi) is 2.03. The molecule has 5 heteroatoms. The van der Waals surface area contributed by atoms with Gasteiger partial charge in [0.15, 0.2) is 0 Å². The second kappa shape index (κ2) is 2.98. The first kappa shape index (κ1) is 7.50. The molecule has 0 spiro atoms. The lowest BCUT2D eigenvalue weighted by atomic mass is 10.3. The molecule has 0 aliphatic carbocycles. The summed E-state index contributed by atoms with van der Waals surface area (Å²) in [6, 6.07) is 2.60. The molecular weight excluding hydrogens is 150 g/mol. The highest BCUT2D eigenvalue weighted by Crippen LogP contribution is 2.15. The summed E-state index contributed by atoms with van der Waals surface area (Å²) in [4.78, 5) is 2.38. The Hall–Kier alpha value is -1.61. The van der Waals surface area contributed by atoms with E-state index in [1.54, 1.807) is 0 Å². The number of hydrogen-bond donors (Lipinski definition) is 0. The number of halogens is 2. The molecule has 0 heterocycles. The van der Waals surface area contributed by atoms with Gasteiger partial charge in [0.2, 0.25) is 0 Å². The quantitative estimate of drug-likeness (QED) is 0.338. The third-order valence-electron chi connectivity index (χ3n) is 1.01. The monoisotopic (exact) mass is 153 g/mol. The zero-order valence-electron chi connectivity index (χ0n) is 5.33. The van der Waals surface area contributed by atoms with E-state index in [2.05, 4.69) is 10.0 Å². The summed E-state index contributed by atoms with van der Waals surface area (Å²) in [6.45, 7) is 0. The van der Waals surface area contributed by atoms with E-state index in [0.29, 0.717) is 6.07 Å². The van der Waals surface area contributed by atoms with Crippen molar-refractivity contribution < 1.29 is 8.78 Å². The second-order valence-electron chi connectivity index (χ2n) is 1.82. The zero-order valence-corrected chi connectivity index (χ0v) is 5.33. The maximum Gasteiger partial charge on any atom is 0.126 e. The molecule has 1 aromatic carbocycles. The van der Waals surface area contributed by atoms with Crippen LogP contribution in [-0.4, -0.2) is 0 Å². The van der Waals surface area contributed by atoms with E-state index in [9.17, 15) is 8.78 Å². The molecule has 0 atom stereocenters. The van der Waals surface area contributed by atoms with Gasteiger partial charge in [-0.05, 0) is 17.7 Å². The lowest BCUT2D eigenvalue weighted by Gasteiger charge is -1.91. The number of rotatable bonds is 1. The Labute approximate surface area is 60.9 Å². The van der Waals surface area contributed by atoms with Crippen LogP contribution in [0.1, 0.15) is 0 Å². The Morgan fingerprint density at radius 1 is 1.18 bits per heavy atom. The predicted molar refractivity (Wildman–Crippen MR) is 35.2 cm³/mol. The summed E-state index contributed by atoms with van der Waals surface area (Å²) < 4.78 is 24.7. The molecule has 0 saturated heterocycles. The van der Waals surface area contributed by atoms with Crippen LogP contribution >= 0.6 is 0 Å². The standard InChI is InChI=1S/C6H3F2N3/c7-4-1-5(8)3-6(2-4)10-11-9/h1-3H/i7-1,8-1. The number of hydrogen-bond acceptors (Lipinski definition) is 1. The third kappa shape index (κ3) is 1.91. The van der Waals surface area contributed by atoms with Crippen LogP contribution in [-0.2, 0) is 0 Å². The Morgan fingerprint density at radius 3 is 2.18 bits per heavy atom. The number of benzene rings is 1. The van der Waals surface area contributed by atoms with Crippen molar-refractivity contribution >= 4 is 5.69 Å². The SMILES string of the molecule is [N-]=[N+]=Nc1cc([18F])cc([18F])c1. The van der Waals surface area contributed by atoms with Crippen molar-refractivity contribution in [3.05, 3.63) is 40.3 Å². The van der Waals surface area contributed by atoms with E-state index in [1.807, 2.05) is 0 Å². The van der Waals surface area contributed by atoms with Gasteiger partial charge in [0.25, 0.3) is 0 Å². The largest absolute Gasteiger partial charge is 0.207 e. The normalized spacial score (nSPS) is 8.91. The highest BCUT2D eigenvalue weighted by Gasteiger charge is 1.96. The van der Waals surface area contributed by atoms with Crippen molar-refractivity contribution in [2.45, 2.75) is 0 Å². The maximum absolute atomic E-state index is 12.3. The molecule has 1 aromatic rings. The van der Waals surface area contributed by atoms with Crippen molar-refractivity contribution in [1.29, 1.82) is 0 Å². The van der Waals surface area contributed by atoms with Crippen molar-refractivity contribution in [3.63, 3.8) is 0 Å². The van der Waals surface area contributed by atoms with Gasteiger partial charge in [0, 0.05) is 16.7 Å². The van der Waals surface area contributed by atoms with E-state index >= 15 is 0 Å². The minimum atomic E-state index is -0.757. The minimum absolute atomic E-state index is 0.0648. The number of nitrogens with zero attached hydrogens (tertiary/aromatic N) is 3. The van der Waals surface area contributed by atoms with Crippen LogP contribution in [0.2, 0.25) is 0 Å². The molecule has 0 aliphatic rings. The Morgan fingerprint density at radius 2 is 1.73 bits per heavy atom. The first-order valence-electron chi connectivity index (χ1n) is 2.73. The molecule has 3 nitrogen and oxygen atoms in total. The Balaban J connectivity index is 3.18.